The molecule has 2 amide bonds. The Balaban J connectivity index is 1.40. The molecule has 1 aliphatic heterocycles. The number of Topliss-reactive ketones (excluding diaryl/α,β-unsaturated/α-hetero) is 1. The van der Waals surface area contributed by atoms with Gasteiger partial charge in [0.25, 0.3) is 11.7 Å². The molecule has 9 heteroatoms. The number of piperidine rings is 1. The third kappa shape index (κ3) is 9.30. The first-order valence-corrected chi connectivity index (χ1v) is 15.8. The number of aryl methyl sites for hydroxylation is 2. The Labute approximate surface area is 266 Å². The molecule has 0 radical (unpaired) electrons. The molecule has 2 heterocycles. The van der Waals surface area contributed by atoms with E-state index in [4.69, 9.17) is 14.2 Å². The summed E-state index contributed by atoms with van der Waals surface area (Å²) in [5.74, 6) is -0.146. The minimum absolute atomic E-state index is 0.0863. The van der Waals surface area contributed by atoms with Crippen molar-refractivity contribution in [2.75, 3.05) is 41.0 Å². The molecule has 1 aliphatic rings. The van der Waals surface area contributed by atoms with Crippen LogP contribution >= 0.6 is 0 Å². The van der Waals surface area contributed by atoms with Crippen molar-refractivity contribution in [2.24, 2.45) is 0 Å². The number of hydrogen-bond donors (Lipinski definition) is 0. The molecule has 1 unspecified atom stereocenters. The van der Waals surface area contributed by atoms with Crippen molar-refractivity contribution in [3.63, 3.8) is 0 Å². The Morgan fingerprint density at radius 2 is 1.53 bits per heavy atom. The first-order valence-electron chi connectivity index (χ1n) is 15.8. The predicted molar refractivity (Wildman–Crippen MR) is 173 cm³/mol. The average molecular weight is 616 g/mol. The molecule has 3 aromatic rings. The fraction of sp³-hybridized carbons (Fsp3) is 0.444. The molecule has 4 rings (SSSR count). The van der Waals surface area contributed by atoms with Gasteiger partial charge >= 0.3 is 0 Å². The number of carbonyl (C=O) groups is 3. The maximum atomic E-state index is 13.6. The number of ketones is 1. The van der Waals surface area contributed by atoms with E-state index in [0.29, 0.717) is 49.7 Å². The van der Waals surface area contributed by atoms with Gasteiger partial charge in [0.1, 0.15) is 0 Å². The van der Waals surface area contributed by atoms with Crippen LogP contribution in [0, 0.1) is 0 Å². The van der Waals surface area contributed by atoms with E-state index < -0.39 is 11.7 Å². The second kappa shape index (κ2) is 17.2. The number of methoxy groups -OCH3 is 3. The first kappa shape index (κ1) is 33.5. The van der Waals surface area contributed by atoms with Crippen molar-refractivity contribution in [2.45, 2.75) is 63.8 Å². The maximum absolute atomic E-state index is 13.6. The van der Waals surface area contributed by atoms with Gasteiger partial charge in [-0.15, -0.1) is 0 Å². The van der Waals surface area contributed by atoms with Crippen LogP contribution < -0.4 is 14.2 Å². The molecule has 1 fully saturated rings. The first-order chi connectivity index (χ1) is 21.9. The van der Waals surface area contributed by atoms with Crippen molar-refractivity contribution < 1.29 is 28.6 Å². The summed E-state index contributed by atoms with van der Waals surface area (Å²) in [7, 11) is 4.42. The second-order valence-corrected chi connectivity index (χ2v) is 11.4. The van der Waals surface area contributed by atoms with E-state index in [2.05, 4.69) is 23.2 Å². The van der Waals surface area contributed by atoms with Crippen molar-refractivity contribution in [1.29, 1.82) is 0 Å². The monoisotopic (exact) mass is 615 g/mol. The minimum atomic E-state index is -0.634. The normalized spacial score (nSPS) is 14.5. The maximum Gasteiger partial charge on any atom is 0.295 e. The van der Waals surface area contributed by atoms with E-state index in [1.807, 2.05) is 35.4 Å². The number of likely N-dealkylation sites (tertiary alicyclic amines) is 1. The van der Waals surface area contributed by atoms with Gasteiger partial charge in [-0.05, 0) is 80.7 Å². The van der Waals surface area contributed by atoms with Gasteiger partial charge in [-0.2, -0.15) is 0 Å². The molecule has 0 N–H and O–H groups in total. The topological polar surface area (TPSA) is 98.3 Å². The van der Waals surface area contributed by atoms with Crippen LogP contribution in [-0.4, -0.2) is 79.4 Å². The van der Waals surface area contributed by atoms with Crippen molar-refractivity contribution in [1.82, 2.24) is 14.8 Å². The standard InChI is InChI=1S/C36H45N3O6/c1-43-31-24-29(25-32(44-2)35(31)45-3)34(41)36(42)39-23-8-7-17-30(39)18-19-33(40)38(21-10-15-27-12-5-4-6-13-27)22-11-16-28-14-9-20-37-26-28/h4-6,9,12-14,20,24-26,30H,7-8,10-11,15-19,21-23H2,1-3H3. The molecule has 1 aromatic heterocycles. The molecule has 0 saturated carbocycles. The molecular weight excluding hydrogens is 570 g/mol. The molecule has 0 aliphatic carbocycles. The van der Waals surface area contributed by atoms with Gasteiger partial charge in [0.15, 0.2) is 11.5 Å². The van der Waals surface area contributed by atoms with E-state index >= 15 is 0 Å². The Bertz CT molecular complexity index is 1330. The molecule has 240 valence electrons. The number of nitrogens with zero attached hydrogens (tertiary/aromatic N) is 3. The summed E-state index contributed by atoms with van der Waals surface area (Å²) in [6.07, 6.45) is 10.5. The molecular formula is C36H45N3O6. The number of benzene rings is 2. The van der Waals surface area contributed by atoms with E-state index in [1.165, 1.54) is 39.0 Å². The number of rotatable bonds is 16. The highest BCUT2D eigenvalue weighted by Gasteiger charge is 2.33. The summed E-state index contributed by atoms with van der Waals surface area (Å²) in [4.78, 5) is 48.4. The van der Waals surface area contributed by atoms with Crippen LogP contribution in [-0.2, 0) is 22.4 Å². The average Bonchev–Trinajstić information content (AvgIpc) is 3.09. The third-order valence-electron chi connectivity index (χ3n) is 8.41. The van der Waals surface area contributed by atoms with Crippen LogP contribution in [0.4, 0.5) is 0 Å². The lowest BCUT2D eigenvalue weighted by molar-refractivity contribution is -0.134. The Hall–Kier alpha value is -4.40. The van der Waals surface area contributed by atoms with Crippen LogP contribution in [0.25, 0.3) is 0 Å². The number of pyridine rings is 1. The molecule has 0 spiro atoms. The van der Waals surface area contributed by atoms with Gasteiger partial charge in [-0.3, -0.25) is 19.4 Å². The van der Waals surface area contributed by atoms with Crippen LogP contribution in [0.5, 0.6) is 17.2 Å². The lowest BCUT2D eigenvalue weighted by atomic mass is 9.96. The highest BCUT2D eigenvalue weighted by molar-refractivity contribution is 6.43. The molecule has 9 nitrogen and oxygen atoms in total. The van der Waals surface area contributed by atoms with Crippen LogP contribution in [0.2, 0.25) is 0 Å². The molecule has 45 heavy (non-hydrogen) atoms. The van der Waals surface area contributed by atoms with E-state index in [0.717, 1.165) is 50.5 Å². The fourth-order valence-corrected chi connectivity index (χ4v) is 5.98. The highest BCUT2D eigenvalue weighted by atomic mass is 16.5. The Morgan fingerprint density at radius 3 is 2.16 bits per heavy atom. The Kier molecular flexibility index (Phi) is 12.8. The van der Waals surface area contributed by atoms with Gasteiger partial charge in [-0.25, -0.2) is 0 Å². The zero-order valence-corrected chi connectivity index (χ0v) is 26.7. The predicted octanol–water partition coefficient (Wildman–Crippen LogP) is 5.55. The van der Waals surface area contributed by atoms with E-state index in [1.54, 1.807) is 11.1 Å². The van der Waals surface area contributed by atoms with E-state index in [-0.39, 0.29) is 17.5 Å². The SMILES string of the molecule is COc1cc(C(=O)C(=O)N2CCCCC2CCC(=O)N(CCCc2ccccc2)CCCc2cccnc2)cc(OC)c1OC. The minimum Gasteiger partial charge on any atom is -0.493 e. The largest absolute Gasteiger partial charge is 0.493 e. The summed E-state index contributed by atoms with van der Waals surface area (Å²) in [6, 6.07) is 17.1. The van der Waals surface area contributed by atoms with Gasteiger partial charge < -0.3 is 24.0 Å². The van der Waals surface area contributed by atoms with Crippen molar-refractivity contribution in [3.8, 4) is 17.2 Å². The van der Waals surface area contributed by atoms with Gasteiger partial charge in [0.05, 0.1) is 21.3 Å². The second-order valence-electron chi connectivity index (χ2n) is 11.4. The van der Waals surface area contributed by atoms with Gasteiger partial charge in [-0.1, -0.05) is 36.4 Å². The molecule has 2 aromatic carbocycles. The van der Waals surface area contributed by atoms with Crippen LogP contribution in [0.3, 0.4) is 0 Å². The molecule has 1 atom stereocenters. The summed E-state index contributed by atoms with van der Waals surface area (Å²) in [5.41, 5.74) is 2.59. The Morgan fingerprint density at radius 1 is 0.867 bits per heavy atom. The number of aromatic nitrogens is 1. The van der Waals surface area contributed by atoms with Crippen LogP contribution in [0.1, 0.15) is 66.4 Å². The van der Waals surface area contributed by atoms with Crippen LogP contribution in [0.15, 0.2) is 67.0 Å². The molecule has 1 saturated heterocycles. The lowest BCUT2D eigenvalue weighted by Gasteiger charge is -2.35. The zero-order valence-electron chi connectivity index (χ0n) is 26.7. The number of carbonyl (C=O) groups excluding carboxylic acids is 3. The number of hydrogen-bond acceptors (Lipinski definition) is 7. The van der Waals surface area contributed by atoms with Crippen molar-refractivity contribution in [3.05, 3.63) is 83.7 Å². The summed E-state index contributed by atoms with van der Waals surface area (Å²) < 4.78 is 16.1. The lowest BCUT2D eigenvalue weighted by Crippen LogP contribution is -2.47. The fourth-order valence-electron chi connectivity index (χ4n) is 5.98. The highest BCUT2D eigenvalue weighted by Crippen LogP contribution is 2.38. The van der Waals surface area contributed by atoms with Gasteiger partial charge in [0, 0.05) is 50.1 Å². The quantitative estimate of drug-likeness (QED) is 0.154. The third-order valence-corrected chi connectivity index (χ3v) is 8.41. The number of amides is 2. The van der Waals surface area contributed by atoms with E-state index in [9.17, 15) is 14.4 Å². The summed E-state index contributed by atoms with van der Waals surface area (Å²) in [5, 5.41) is 0. The smallest absolute Gasteiger partial charge is 0.295 e. The zero-order chi connectivity index (χ0) is 32.0. The van der Waals surface area contributed by atoms with Crippen molar-refractivity contribution >= 4 is 17.6 Å². The summed E-state index contributed by atoms with van der Waals surface area (Å²) >= 11 is 0. The summed E-state index contributed by atoms with van der Waals surface area (Å²) in [6.45, 7) is 1.82. The molecule has 0 bridgehead atoms. The number of ether oxygens (including phenoxy) is 3. The van der Waals surface area contributed by atoms with Gasteiger partial charge in [0.2, 0.25) is 11.7 Å².